The quantitative estimate of drug-likeness (QED) is 0.641. The van der Waals surface area contributed by atoms with Crippen molar-refractivity contribution < 1.29 is 14.1 Å². The van der Waals surface area contributed by atoms with Crippen LogP contribution in [-0.4, -0.2) is 31.2 Å². The van der Waals surface area contributed by atoms with Crippen LogP contribution in [0.1, 0.15) is 5.56 Å². The Morgan fingerprint density at radius 1 is 1.29 bits per heavy atom. The molecule has 2 aromatic rings. The SMILES string of the molecule is Cc1cc([N+](=O)[O-])c(N2CCOCC2)cc1-c1ccco1. The van der Waals surface area contributed by atoms with E-state index in [1.807, 2.05) is 30.0 Å². The van der Waals surface area contributed by atoms with Crippen LogP contribution in [0.4, 0.5) is 11.4 Å². The number of hydrogen-bond acceptors (Lipinski definition) is 5. The molecule has 0 aliphatic carbocycles. The van der Waals surface area contributed by atoms with Crippen molar-refractivity contribution in [1.82, 2.24) is 0 Å². The standard InChI is InChI=1S/C15H16N2O4/c1-11-9-14(17(18)19)13(16-4-7-20-8-5-16)10-12(11)15-3-2-6-21-15/h2-3,6,9-10H,4-5,7-8H2,1H3. The summed E-state index contributed by atoms with van der Waals surface area (Å²) in [7, 11) is 0. The maximum Gasteiger partial charge on any atom is 0.292 e. The first kappa shape index (κ1) is 13.6. The van der Waals surface area contributed by atoms with Gasteiger partial charge in [0.05, 0.1) is 24.4 Å². The Morgan fingerprint density at radius 3 is 2.67 bits per heavy atom. The van der Waals surface area contributed by atoms with Gasteiger partial charge in [0, 0.05) is 24.7 Å². The number of hydrogen-bond donors (Lipinski definition) is 0. The highest BCUT2D eigenvalue weighted by Gasteiger charge is 2.24. The zero-order valence-corrected chi connectivity index (χ0v) is 11.7. The molecule has 0 N–H and O–H groups in total. The Kier molecular flexibility index (Phi) is 3.62. The molecule has 6 nitrogen and oxygen atoms in total. The summed E-state index contributed by atoms with van der Waals surface area (Å²) in [5, 5.41) is 11.3. The molecule has 0 atom stereocenters. The number of morpholine rings is 1. The van der Waals surface area contributed by atoms with Crippen LogP contribution in [0.25, 0.3) is 11.3 Å². The zero-order chi connectivity index (χ0) is 14.8. The fraction of sp³-hybridized carbons (Fsp3) is 0.333. The minimum absolute atomic E-state index is 0.129. The third kappa shape index (κ3) is 2.62. The van der Waals surface area contributed by atoms with Gasteiger partial charge in [-0.15, -0.1) is 0 Å². The number of benzene rings is 1. The summed E-state index contributed by atoms with van der Waals surface area (Å²) in [5.74, 6) is 0.719. The molecule has 0 saturated carbocycles. The Morgan fingerprint density at radius 2 is 2.05 bits per heavy atom. The Hall–Kier alpha value is -2.34. The van der Waals surface area contributed by atoms with E-state index in [-0.39, 0.29) is 10.6 Å². The molecule has 1 aromatic carbocycles. The molecule has 2 heterocycles. The zero-order valence-electron chi connectivity index (χ0n) is 11.7. The molecule has 0 unspecified atom stereocenters. The van der Waals surface area contributed by atoms with Crippen LogP contribution >= 0.6 is 0 Å². The second-order valence-corrected chi connectivity index (χ2v) is 4.99. The van der Waals surface area contributed by atoms with Gasteiger partial charge < -0.3 is 14.1 Å². The summed E-state index contributed by atoms with van der Waals surface area (Å²) in [6, 6.07) is 7.13. The van der Waals surface area contributed by atoms with E-state index in [0.717, 1.165) is 16.9 Å². The van der Waals surface area contributed by atoms with Gasteiger partial charge in [0.15, 0.2) is 0 Å². The van der Waals surface area contributed by atoms with E-state index in [9.17, 15) is 10.1 Å². The first-order chi connectivity index (χ1) is 10.2. The van der Waals surface area contributed by atoms with Gasteiger partial charge in [0.25, 0.3) is 5.69 Å². The predicted molar refractivity (Wildman–Crippen MR) is 78.6 cm³/mol. The van der Waals surface area contributed by atoms with Gasteiger partial charge in [0.2, 0.25) is 0 Å². The fourth-order valence-corrected chi connectivity index (χ4v) is 2.58. The van der Waals surface area contributed by atoms with Crippen molar-refractivity contribution in [3.8, 4) is 11.3 Å². The first-order valence-corrected chi connectivity index (χ1v) is 6.82. The second kappa shape index (κ2) is 5.57. The monoisotopic (exact) mass is 288 g/mol. The molecule has 1 aromatic heterocycles. The van der Waals surface area contributed by atoms with Crippen molar-refractivity contribution >= 4 is 11.4 Å². The van der Waals surface area contributed by atoms with Crippen LogP contribution in [-0.2, 0) is 4.74 Å². The van der Waals surface area contributed by atoms with Gasteiger partial charge in [-0.3, -0.25) is 10.1 Å². The highest BCUT2D eigenvalue weighted by atomic mass is 16.6. The summed E-state index contributed by atoms with van der Waals surface area (Å²) in [6.45, 7) is 4.33. The molecule has 0 spiro atoms. The molecular formula is C15H16N2O4. The molecule has 3 rings (SSSR count). The summed E-state index contributed by atoms with van der Waals surface area (Å²) >= 11 is 0. The first-order valence-electron chi connectivity index (χ1n) is 6.82. The molecule has 6 heteroatoms. The van der Waals surface area contributed by atoms with Crippen LogP contribution in [0.15, 0.2) is 34.9 Å². The average Bonchev–Trinajstić information content (AvgIpc) is 3.01. The van der Waals surface area contributed by atoms with Gasteiger partial charge in [-0.05, 0) is 30.7 Å². The van der Waals surface area contributed by atoms with Gasteiger partial charge >= 0.3 is 0 Å². The normalized spacial score (nSPS) is 15.2. The number of furan rings is 1. The molecule has 0 amide bonds. The number of nitro benzene ring substituents is 1. The molecule has 0 bridgehead atoms. The molecule has 110 valence electrons. The Balaban J connectivity index is 2.10. The van der Waals surface area contributed by atoms with E-state index >= 15 is 0 Å². The number of ether oxygens (including phenoxy) is 1. The second-order valence-electron chi connectivity index (χ2n) is 4.99. The number of anilines is 1. The van der Waals surface area contributed by atoms with E-state index in [1.165, 1.54) is 0 Å². The smallest absolute Gasteiger partial charge is 0.292 e. The maximum atomic E-state index is 11.3. The topological polar surface area (TPSA) is 68.8 Å². The van der Waals surface area contributed by atoms with Crippen LogP contribution in [0, 0.1) is 17.0 Å². The molecule has 1 aliphatic rings. The van der Waals surface area contributed by atoms with Crippen LogP contribution in [0.5, 0.6) is 0 Å². The van der Waals surface area contributed by atoms with Crippen molar-refractivity contribution in [3.63, 3.8) is 0 Å². The third-order valence-corrected chi connectivity index (χ3v) is 3.66. The number of nitrogens with zero attached hydrogens (tertiary/aromatic N) is 2. The largest absolute Gasteiger partial charge is 0.464 e. The van der Waals surface area contributed by atoms with Crippen LogP contribution < -0.4 is 4.90 Å². The lowest BCUT2D eigenvalue weighted by atomic mass is 10.0. The summed E-state index contributed by atoms with van der Waals surface area (Å²) in [5.41, 5.74) is 2.46. The number of nitro groups is 1. The lowest BCUT2D eigenvalue weighted by Crippen LogP contribution is -2.36. The highest BCUT2D eigenvalue weighted by molar-refractivity contribution is 5.75. The van der Waals surface area contributed by atoms with Crippen molar-refractivity contribution in [2.24, 2.45) is 0 Å². The minimum Gasteiger partial charge on any atom is -0.464 e. The van der Waals surface area contributed by atoms with Crippen molar-refractivity contribution in [3.05, 3.63) is 46.2 Å². The highest BCUT2D eigenvalue weighted by Crippen LogP contribution is 2.36. The van der Waals surface area contributed by atoms with Gasteiger partial charge in [0.1, 0.15) is 11.4 Å². The predicted octanol–water partition coefficient (Wildman–Crippen LogP) is 3.00. The summed E-state index contributed by atoms with van der Waals surface area (Å²) in [4.78, 5) is 13.0. The van der Waals surface area contributed by atoms with Gasteiger partial charge in [-0.25, -0.2) is 0 Å². The Bertz CT molecular complexity index is 646. The lowest BCUT2D eigenvalue weighted by molar-refractivity contribution is -0.384. The van der Waals surface area contributed by atoms with Gasteiger partial charge in [-0.1, -0.05) is 0 Å². The maximum absolute atomic E-state index is 11.3. The van der Waals surface area contributed by atoms with Crippen LogP contribution in [0.3, 0.4) is 0 Å². The van der Waals surface area contributed by atoms with E-state index < -0.39 is 0 Å². The average molecular weight is 288 g/mol. The van der Waals surface area contributed by atoms with Gasteiger partial charge in [-0.2, -0.15) is 0 Å². The minimum atomic E-state index is -0.330. The van der Waals surface area contributed by atoms with E-state index in [0.29, 0.717) is 32.0 Å². The van der Waals surface area contributed by atoms with Crippen LogP contribution in [0.2, 0.25) is 0 Å². The Labute approximate surface area is 122 Å². The van der Waals surface area contributed by atoms with Crippen molar-refractivity contribution in [2.75, 3.05) is 31.2 Å². The molecule has 1 aliphatic heterocycles. The number of aryl methyl sites for hydroxylation is 1. The van der Waals surface area contributed by atoms with E-state index in [4.69, 9.17) is 9.15 Å². The molecule has 1 fully saturated rings. The fourth-order valence-electron chi connectivity index (χ4n) is 2.58. The van der Waals surface area contributed by atoms with Crippen molar-refractivity contribution in [2.45, 2.75) is 6.92 Å². The molecule has 21 heavy (non-hydrogen) atoms. The number of rotatable bonds is 3. The summed E-state index contributed by atoms with van der Waals surface area (Å²) in [6.07, 6.45) is 1.60. The van der Waals surface area contributed by atoms with E-state index in [2.05, 4.69) is 0 Å². The summed E-state index contributed by atoms with van der Waals surface area (Å²) < 4.78 is 10.7. The molecule has 1 saturated heterocycles. The molecule has 0 radical (unpaired) electrons. The van der Waals surface area contributed by atoms with E-state index in [1.54, 1.807) is 12.3 Å². The lowest BCUT2D eigenvalue weighted by Gasteiger charge is -2.29. The third-order valence-electron chi connectivity index (χ3n) is 3.66. The molecular weight excluding hydrogens is 272 g/mol. The van der Waals surface area contributed by atoms with Crippen molar-refractivity contribution in [1.29, 1.82) is 0 Å².